The van der Waals surface area contributed by atoms with Gasteiger partial charge in [-0.1, -0.05) is 33.8 Å². The molecule has 0 aliphatic rings. The lowest BCUT2D eigenvalue weighted by atomic mass is 10.3. The lowest BCUT2D eigenvalue weighted by Crippen LogP contribution is -2.20. The van der Waals surface area contributed by atoms with E-state index in [1.807, 2.05) is 35.9 Å². The maximum atomic E-state index is 9.85. The van der Waals surface area contributed by atoms with Gasteiger partial charge in [-0.25, -0.2) is 0 Å². The van der Waals surface area contributed by atoms with Crippen molar-refractivity contribution in [2.24, 2.45) is 7.05 Å². The van der Waals surface area contributed by atoms with Crippen molar-refractivity contribution in [2.75, 3.05) is 12.4 Å². The Morgan fingerprint density at radius 2 is 2.37 bits per heavy atom. The number of aliphatic hydroxyl groups is 1. The van der Waals surface area contributed by atoms with Gasteiger partial charge in [0.2, 0.25) is 0 Å². The highest BCUT2D eigenvalue weighted by molar-refractivity contribution is 9.10. The number of nitrogens with zero attached hydrogens (tertiary/aromatic N) is 3. The molecule has 19 heavy (non-hydrogen) atoms. The van der Waals surface area contributed by atoms with Crippen molar-refractivity contribution in [3.63, 3.8) is 0 Å². The minimum Gasteiger partial charge on any atom is -0.491 e. The fourth-order valence-corrected chi connectivity index (χ4v) is 2.54. The summed E-state index contributed by atoms with van der Waals surface area (Å²) in [5.74, 6) is 1.25. The molecule has 0 aliphatic carbocycles. The molecule has 1 aromatic heterocycles. The van der Waals surface area contributed by atoms with E-state index in [2.05, 4.69) is 26.1 Å². The summed E-state index contributed by atoms with van der Waals surface area (Å²) < 4.78 is 8.28. The van der Waals surface area contributed by atoms with E-state index in [4.69, 9.17) is 4.74 Å². The fourth-order valence-electron chi connectivity index (χ4n) is 1.37. The molecule has 1 unspecified atom stereocenters. The molecule has 0 bridgehead atoms. The molecule has 0 aliphatic heterocycles. The predicted octanol–water partition coefficient (Wildman–Crippen LogP) is 2.11. The molecule has 2 rings (SSSR count). The first kappa shape index (κ1) is 14.4. The third-order valence-electron chi connectivity index (χ3n) is 2.31. The van der Waals surface area contributed by atoms with Crippen LogP contribution in [-0.2, 0) is 7.05 Å². The van der Waals surface area contributed by atoms with E-state index in [0.717, 1.165) is 15.4 Å². The Hall–Kier alpha value is -1.05. The molecule has 0 amide bonds. The second kappa shape index (κ2) is 6.93. The Kier molecular flexibility index (Phi) is 5.24. The summed E-state index contributed by atoms with van der Waals surface area (Å²) in [5.41, 5.74) is 0. The molecule has 0 saturated carbocycles. The van der Waals surface area contributed by atoms with Crippen molar-refractivity contribution >= 4 is 27.7 Å². The van der Waals surface area contributed by atoms with E-state index in [9.17, 15) is 5.11 Å². The van der Waals surface area contributed by atoms with Gasteiger partial charge in [0.05, 0.1) is 6.10 Å². The Balaban J connectivity index is 1.76. The number of benzene rings is 1. The molecule has 0 saturated heterocycles. The number of hydrogen-bond donors (Lipinski definition) is 1. The average molecular weight is 344 g/mol. The van der Waals surface area contributed by atoms with Gasteiger partial charge >= 0.3 is 0 Å². The minimum absolute atomic E-state index is 0.251. The van der Waals surface area contributed by atoms with Gasteiger partial charge in [0, 0.05) is 17.3 Å². The molecular formula is C12H14BrN3O2S. The van der Waals surface area contributed by atoms with Gasteiger partial charge in [-0.2, -0.15) is 0 Å². The second-order valence-electron chi connectivity index (χ2n) is 3.96. The van der Waals surface area contributed by atoms with Gasteiger partial charge in [0.1, 0.15) is 18.7 Å². The summed E-state index contributed by atoms with van der Waals surface area (Å²) in [4.78, 5) is 0. The van der Waals surface area contributed by atoms with Gasteiger partial charge in [-0.05, 0) is 18.2 Å². The number of rotatable bonds is 6. The molecule has 102 valence electrons. The summed E-state index contributed by atoms with van der Waals surface area (Å²) in [6, 6.07) is 7.53. The summed E-state index contributed by atoms with van der Waals surface area (Å²) in [6.07, 6.45) is 1.08. The molecule has 0 spiro atoms. The predicted molar refractivity (Wildman–Crippen MR) is 77.4 cm³/mol. The molecule has 5 nitrogen and oxygen atoms in total. The molecule has 2 aromatic rings. The standard InChI is InChI=1S/C12H14BrN3O2S/c1-16-8-14-15-12(16)19-7-10(17)6-18-11-4-2-3-9(13)5-11/h2-5,8,10,17H,6-7H2,1H3. The molecule has 7 heteroatoms. The van der Waals surface area contributed by atoms with Crippen molar-refractivity contribution < 1.29 is 9.84 Å². The van der Waals surface area contributed by atoms with Crippen molar-refractivity contribution in [2.45, 2.75) is 11.3 Å². The van der Waals surface area contributed by atoms with Crippen LogP contribution in [-0.4, -0.2) is 38.3 Å². The minimum atomic E-state index is -0.555. The lowest BCUT2D eigenvalue weighted by molar-refractivity contribution is 0.126. The number of aryl methyl sites for hydroxylation is 1. The first-order valence-electron chi connectivity index (χ1n) is 5.68. The molecule has 0 radical (unpaired) electrons. The van der Waals surface area contributed by atoms with Crippen LogP contribution in [0.2, 0.25) is 0 Å². The normalized spacial score (nSPS) is 12.4. The molecular weight excluding hydrogens is 330 g/mol. The summed E-state index contributed by atoms with van der Waals surface area (Å²) >= 11 is 4.82. The largest absolute Gasteiger partial charge is 0.491 e. The van der Waals surface area contributed by atoms with Gasteiger partial charge in [0.25, 0.3) is 0 Å². The zero-order valence-electron chi connectivity index (χ0n) is 10.4. The van der Waals surface area contributed by atoms with Crippen LogP contribution in [0.1, 0.15) is 0 Å². The zero-order valence-corrected chi connectivity index (χ0v) is 12.8. The van der Waals surface area contributed by atoms with E-state index >= 15 is 0 Å². The lowest BCUT2D eigenvalue weighted by Gasteiger charge is -2.11. The first-order valence-corrected chi connectivity index (χ1v) is 7.46. The Morgan fingerprint density at radius 1 is 1.53 bits per heavy atom. The van der Waals surface area contributed by atoms with Gasteiger partial charge < -0.3 is 14.4 Å². The van der Waals surface area contributed by atoms with Crippen LogP contribution in [0.25, 0.3) is 0 Å². The van der Waals surface area contributed by atoms with Crippen molar-refractivity contribution in [1.82, 2.24) is 14.8 Å². The van der Waals surface area contributed by atoms with E-state index in [1.165, 1.54) is 11.8 Å². The topological polar surface area (TPSA) is 60.2 Å². The Morgan fingerprint density at radius 3 is 3.05 bits per heavy atom. The van der Waals surface area contributed by atoms with E-state index in [0.29, 0.717) is 5.75 Å². The highest BCUT2D eigenvalue weighted by Crippen LogP contribution is 2.19. The van der Waals surface area contributed by atoms with E-state index in [1.54, 1.807) is 6.33 Å². The van der Waals surface area contributed by atoms with Gasteiger partial charge in [0.15, 0.2) is 5.16 Å². The molecule has 1 atom stereocenters. The van der Waals surface area contributed by atoms with Crippen LogP contribution in [0.4, 0.5) is 0 Å². The average Bonchev–Trinajstić information content (AvgIpc) is 2.80. The number of hydrogen-bond acceptors (Lipinski definition) is 5. The van der Waals surface area contributed by atoms with Crippen LogP contribution in [0, 0.1) is 0 Å². The van der Waals surface area contributed by atoms with Gasteiger partial charge in [-0.15, -0.1) is 10.2 Å². The third-order valence-corrected chi connectivity index (χ3v) is 3.99. The second-order valence-corrected chi connectivity index (χ2v) is 5.86. The molecule has 1 N–H and O–H groups in total. The van der Waals surface area contributed by atoms with Crippen molar-refractivity contribution in [1.29, 1.82) is 0 Å². The first-order chi connectivity index (χ1) is 9.15. The summed E-state index contributed by atoms with van der Waals surface area (Å²) in [7, 11) is 1.87. The van der Waals surface area contributed by atoms with E-state index in [-0.39, 0.29) is 6.61 Å². The smallest absolute Gasteiger partial charge is 0.190 e. The number of aromatic nitrogens is 3. The highest BCUT2D eigenvalue weighted by Gasteiger charge is 2.09. The maximum Gasteiger partial charge on any atom is 0.190 e. The molecule has 1 heterocycles. The zero-order chi connectivity index (χ0) is 13.7. The summed E-state index contributed by atoms with van der Waals surface area (Å²) in [6.45, 7) is 0.251. The quantitative estimate of drug-likeness (QED) is 0.814. The highest BCUT2D eigenvalue weighted by atomic mass is 79.9. The monoisotopic (exact) mass is 343 g/mol. The SMILES string of the molecule is Cn1cnnc1SCC(O)COc1cccc(Br)c1. The number of aliphatic hydroxyl groups excluding tert-OH is 1. The van der Waals surface area contributed by atoms with E-state index < -0.39 is 6.10 Å². The third kappa shape index (κ3) is 4.52. The van der Waals surface area contributed by atoms with Crippen molar-refractivity contribution in [3.05, 3.63) is 35.1 Å². The number of ether oxygens (including phenoxy) is 1. The number of halogens is 1. The fraction of sp³-hybridized carbons (Fsp3) is 0.333. The maximum absolute atomic E-state index is 9.85. The Labute approximate surface area is 124 Å². The van der Waals surface area contributed by atoms with Crippen LogP contribution in [0.3, 0.4) is 0 Å². The van der Waals surface area contributed by atoms with Gasteiger partial charge in [-0.3, -0.25) is 0 Å². The van der Waals surface area contributed by atoms with Crippen LogP contribution < -0.4 is 4.74 Å². The van der Waals surface area contributed by atoms with Crippen LogP contribution in [0.5, 0.6) is 5.75 Å². The number of thioether (sulfide) groups is 1. The van der Waals surface area contributed by atoms with Crippen LogP contribution in [0.15, 0.2) is 40.2 Å². The van der Waals surface area contributed by atoms with Crippen LogP contribution >= 0.6 is 27.7 Å². The Bertz CT molecular complexity index is 535. The molecule has 0 fully saturated rings. The summed E-state index contributed by atoms with van der Waals surface area (Å²) in [5, 5.41) is 18.3. The molecule has 1 aromatic carbocycles. The van der Waals surface area contributed by atoms with Crippen molar-refractivity contribution in [3.8, 4) is 5.75 Å².